The third kappa shape index (κ3) is 3.70. The van der Waals surface area contributed by atoms with Crippen LogP contribution in [0, 0.1) is 0 Å². The van der Waals surface area contributed by atoms with E-state index in [1.54, 1.807) is 10.9 Å². The molecule has 1 saturated carbocycles. The number of rotatable bonds is 4. The van der Waals surface area contributed by atoms with Gasteiger partial charge in [0.1, 0.15) is 12.1 Å². The van der Waals surface area contributed by atoms with Gasteiger partial charge in [-0.15, -0.1) is 0 Å². The highest BCUT2D eigenvalue weighted by Crippen LogP contribution is 2.38. The number of hydrogen-bond donors (Lipinski definition) is 2. The number of aliphatic hydroxyl groups excluding tert-OH is 1. The predicted octanol–water partition coefficient (Wildman–Crippen LogP) is 2.74. The lowest BCUT2D eigenvalue weighted by Gasteiger charge is -2.41. The predicted molar refractivity (Wildman–Crippen MR) is 101 cm³/mol. The largest absolute Gasteiger partial charge is 0.389 e. The molecule has 8 heteroatoms. The van der Waals surface area contributed by atoms with Crippen molar-refractivity contribution in [2.75, 3.05) is 6.61 Å². The minimum absolute atomic E-state index is 0.0619. The number of nitrogens with zero attached hydrogens (tertiary/aromatic N) is 2. The van der Waals surface area contributed by atoms with Crippen LogP contribution in [0.4, 0.5) is 8.78 Å². The Kier molecular flexibility index (Phi) is 4.90. The molecule has 5 atom stereocenters. The highest BCUT2D eigenvalue weighted by atomic mass is 19.3. The van der Waals surface area contributed by atoms with E-state index in [0.717, 1.165) is 11.1 Å². The fourth-order valence-electron chi connectivity index (χ4n) is 4.65. The summed E-state index contributed by atoms with van der Waals surface area (Å²) in [7, 11) is 0. The minimum atomic E-state index is -2.58. The van der Waals surface area contributed by atoms with Gasteiger partial charge in [-0.3, -0.25) is 4.68 Å². The molecule has 156 valence electrons. The Balaban J connectivity index is 1.34. The van der Waals surface area contributed by atoms with Gasteiger partial charge in [-0.1, -0.05) is 30.3 Å². The Labute approximate surface area is 167 Å². The first-order valence-electron chi connectivity index (χ1n) is 10.2. The molecule has 29 heavy (non-hydrogen) atoms. The van der Waals surface area contributed by atoms with E-state index in [0.29, 0.717) is 19.4 Å². The molecule has 2 aliphatic heterocycles. The molecule has 2 aromatic rings. The van der Waals surface area contributed by atoms with E-state index in [2.05, 4.69) is 10.4 Å². The first-order chi connectivity index (χ1) is 14.0. The van der Waals surface area contributed by atoms with Crippen molar-refractivity contribution >= 4 is 0 Å². The molecule has 0 spiro atoms. The van der Waals surface area contributed by atoms with Crippen molar-refractivity contribution in [1.82, 2.24) is 15.1 Å². The number of fused-ring (bicyclic) bond motifs is 2. The molecule has 3 fully saturated rings. The van der Waals surface area contributed by atoms with Crippen LogP contribution in [-0.2, 0) is 9.47 Å². The average molecular weight is 405 g/mol. The fourth-order valence-corrected chi connectivity index (χ4v) is 4.65. The van der Waals surface area contributed by atoms with Crippen molar-refractivity contribution in [3.05, 3.63) is 42.7 Å². The van der Waals surface area contributed by atoms with Gasteiger partial charge in [0.15, 0.2) is 6.29 Å². The van der Waals surface area contributed by atoms with E-state index >= 15 is 0 Å². The highest BCUT2D eigenvalue weighted by molar-refractivity contribution is 5.61. The molecule has 1 aromatic heterocycles. The molecule has 0 amide bonds. The van der Waals surface area contributed by atoms with Gasteiger partial charge in [0, 0.05) is 30.6 Å². The molecular formula is C21H25F2N3O3. The Hall–Kier alpha value is -1.87. The Morgan fingerprint density at radius 2 is 1.90 bits per heavy atom. The second-order valence-corrected chi connectivity index (χ2v) is 8.26. The van der Waals surface area contributed by atoms with Gasteiger partial charge in [0.05, 0.1) is 24.9 Å². The summed E-state index contributed by atoms with van der Waals surface area (Å²) in [5.41, 5.74) is 1.98. The summed E-state index contributed by atoms with van der Waals surface area (Å²) >= 11 is 0. The van der Waals surface area contributed by atoms with Gasteiger partial charge in [-0.25, -0.2) is 8.78 Å². The summed E-state index contributed by atoms with van der Waals surface area (Å²) in [5.74, 6) is -2.58. The SMILES string of the molecule is OC1C(NC2CCC(F)(F)CC2)C2COC(O2)C1n1cc(-c2ccccc2)cn1. The number of halogens is 2. The molecule has 6 nitrogen and oxygen atoms in total. The summed E-state index contributed by atoms with van der Waals surface area (Å²) in [6, 6.07) is 8.92. The fraction of sp³-hybridized carbons (Fsp3) is 0.571. The summed E-state index contributed by atoms with van der Waals surface area (Å²) in [5, 5.41) is 19.0. The van der Waals surface area contributed by atoms with Crippen LogP contribution in [0.1, 0.15) is 31.7 Å². The van der Waals surface area contributed by atoms with Crippen LogP contribution in [0.3, 0.4) is 0 Å². The van der Waals surface area contributed by atoms with Crippen LogP contribution in [0.2, 0.25) is 0 Å². The first kappa shape index (κ1) is 19.1. The van der Waals surface area contributed by atoms with Gasteiger partial charge in [-0.2, -0.15) is 5.10 Å². The van der Waals surface area contributed by atoms with Crippen LogP contribution in [0.15, 0.2) is 42.7 Å². The zero-order chi connectivity index (χ0) is 20.0. The standard InChI is InChI=1S/C21H25F2N3O3/c22-21(23)8-6-15(7-9-21)25-17-16-12-28-20(29-16)18(19(17)27)26-11-14(10-24-26)13-4-2-1-3-5-13/h1-5,10-11,15-20,25,27H,6-9,12H2. The summed E-state index contributed by atoms with van der Waals surface area (Å²) < 4.78 is 40.4. The molecule has 3 aliphatic rings. The molecule has 5 rings (SSSR count). The Morgan fingerprint density at radius 3 is 2.66 bits per heavy atom. The van der Waals surface area contributed by atoms with E-state index < -0.39 is 24.4 Å². The number of nitrogens with one attached hydrogen (secondary N) is 1. The maximum absolute atomic E-state index is 13.5. The van der Waals surface area contributed by atoms with Crippen molar-refractivity contribution in [3.8, 4) is 11.1 Å². The van der Waals surface area contributed by atoms with Crippen molar-refractivity contribution < 1.29 is 23.4 Å². The van der Waals surface area contributed by atoms with Crippen molar-refractivity contribution in [1.29, 1.82) is 0 Å². The lowest BCUT2D eigenvalue weighted by atomic mass is 9.89. The third-order valence-electron chi connectivity index (χ3n) is 6.29. The Bertz CT molecular complexity index is 837. The minimum Gasteiger partial charge on any atom is -0.389 e. The lowest BCUT2D eigenvalue weighted by molar-refractivity contribution is -0.170. The lowest BCUT2D eigenvalue weighted by Crippen LogP contribution is -2.60. The second kappa shape index (κ2) is 7.43. The van der Waals surface area contributed by atoms with Gasteiger partial charge in [-0.05, 0) is 18.4 Å². The van der Waals surface area contributed by atoms with Gasteiger partial charge in [0.2, 0.25) is 5.92 Å². The normalized spacial score (nSPS) is 34.4. The van der Waals surface area contributed by atoms with E-state index in [4.69, 9.17) is 9.47 Å². The molecule has 1 aliphatic carbocycles. The highest BCUT2D eigenvalue weighted by Gasteiger charge is 2.52. The van der Waals surface area contributed by atoms with E-state index in [-0.39, 0.29) is 31.0 Å². The van der Waals surface area contributed by atoms with Crippen molar-refractivity contribution in [2.45, 2.75) is 68.2 Å². The van der Waals surface area contributed by atoms with Gasteiger partial charge >= 0.3 is 0 Å². The van der Waals surface area contributed by atoms with E-state index in [1.165, 1.54) is 0 Å². The second-order valence-electron chi connectivity index (χ2n) is 8.26. The number of ether oxygens (including phenoxy) is 2. The summed E-state index contributed by atoms with van der Waals surface area (Å²) in [6.45, 7) is 0.367. The van der Waals surface area contributed by atoms with Crippen LogP contribution < -0.4 is 5.32 Å². The number of alkyl halides is 2. The number of benzene rings is 1. The molecule has 3 heterocycles. The third-order valence-corrected chi connectivity index (χ3v) is 6.29. The summed E-state index contributed by atoms with van der Waals surface area (Å²) in [6.07, 6.45) is 2.50. The first-order valence-corrected chi connectivity index (χ1v) is 10.2. The summed E-state index contributed by atoms with van der Waals surface area (Å²) in [4.78, 5) is 0. The molecule has 2 bridgehead atoms. The molecular weight excluding hydrogens is 380 g/mol. The topological polar surface area (TPSA) is 68.5 Å². The molecule has 1 aromatic carbocycles. The Morgan fingerprint density at radius 1 is 1.14 bits per heavy atom. The maximum atomic E-state index is 13.5. The van der Waals surface area contributed by atoms with Crippen LogP contribution >= 0.6 is 0 Å². The van der Waals surface area contributed by atoms with Gasteiger partial charge < -0.3 is 19.9 Å². The molecule has 2 N–H and O–H groups in total. The average Bonchev–Trinajstić information content (AvgIpc) is 3.36. The zero-order valence-electron chi connectivity index (χ0n) is 16.0. The zero-order valence-corrected chi connectivity index (χ0v) is 16.0. The molecule has 5 unspecified atom stereocenters. The monoisotopic (exact) mass is 405 g/mol. The quantitative estimate of drug-likeness (QED) is 0.819. The smallest absolute Gasteiger partial charge is 0.248 e. The van der Waals surface area contributed by atoms with E-state index in [1.807, 2.05) is 36.5 Å². The van der Waals surface area contributed by atoms with Gasteiger partial charge in [0.25, 0.3) is 0 Å². The van der Waals surface area contributed by atoms with Crippen LogP contribution in [0.25, 0.3) is 11.1 Å². The van der Waals surface area contributed by atoms with E-state index in [9.17, 15) is 13.9 Å². The van der Waals surface area contributed by atoms with Crippen molar-refractivity contribution in [3.63, 3.8) is 0 Å². The number of aromatic nitrogens is 2. The maximum Gasteiger partial charge on any atom is 0.248 e. The van der Waals surface area contributed by atoms with Crippen molar-refractivity contribution in [2.24, 2.45) is 0 Å². The number of aliphatic hydroxyl groups is 1. The molecule has 2 saturated heterocycles. The van der Waals surface area contributed by atoms with Crippen LogP contribution in [0.5, 0.6) is 0 Å². The molecule has 0 radical (unpaired) electrons. The van der Waals surface area contributed by atoms with Crippen LogP contribution in [-0.4, -0.2) is 58.0 Å². The number of hydrogen-bond acceptors (Lipinski definition) is 5.